The Morgan fingerprint density at radius 2 is 1.91 bits per heavy atom. The summed E-state index contributed by atoms with van der Waals surface area (Å²) >= 11 is 0. The van der Waals surface area contributed by atoms with Crippen LogP contribution in [0.5, 0.6) is 5.75 Å². The number of carbonyl (C=O) groups is 1. The van der Waals surface area contributed by atoms with Crippen molar-refractivity contribution in [2.24, 2.45) is 0 Å². The SMILES string of the molecule is COc1cccc(C(=O)Nc2ccc(-n3nc(C(F)F)cc3-c3cccnc3)cn2)c1.CP. The fraction of sp³-hybridized carbons (Fsp3) is 0.130. The molecule has 0 bridgehead atoms. The fourth-order valence-electron chi connectivity index (χ4n) is 2.96. The van der Waals surface area contributed by atoms with Crippen LogP contribution in [0.15, 0.2) is 73.2 Å². The van der Waals surface area contributed by atoms with Gasteiger partial charge in [-0.3, -0.25) is 9.78 Å². The molecule has 3 aromatic heterocycles. The van der Waals surface area contributed by atoms with Crippen molar-refractivity contribution in [2.75, 3.05) is 19.1 Å². The number of pyridine rings is 2. The molecule has 33 heavy (non-hydrogen) atoms. The van der Waals surface area contributed by atoms with Crippen LogP contribution in [-0.2, 0) is 0 Å². The largest absolute Gasteiger partial charge is 0.497 e. The van der Waals surface area contributed by atoms with Crippen molar-refractivity contribution in [2.45, 2.75) is 6.43 Å². The normalized spacial score (nSPS) is 10.4. The molecule has 0 saturated heterocycles. The lowest BCUT2D eigenvalue weighted by atomic mass is 10.2. The maximum Gasteiger partial charge on any atom is 0.282 e. The Bertz CT molecular complexity index is 1200. The van der Waals surface area contributed by atoms with Gasteiger partial charge in [-0.25, -0.2) is 18.4 Å². The number of alkyl halides is 2. The lowest BCUT2D eigenvalue weighted by molar-refractivity contribution is 0.102. The summed E-state index contributed by atoms with van der Waals surface area (Å²) in [6, 6.07) is 14.7. The number of rotatable bonds is 6. The molecule has 1 N–H and O–H groups in total. The summed E-state index contributed by atoms with van der Waals surface area (Å²) < 4.78 is 33.0. The Balaban J connectivity index is 0.00000149. The smallest absolute Gasteiger partial charge is 0.282 e. The second-order valence-electron chi connectivity index (χ2n) is 6.50. The van der Waals surface area contributed by atoms with Crippen molar-refractivity contribution in [3.63, 3.8) is 0 Å². The minimum Gasteiger partial charge on any atom is -0.497 e. The zero-order valence-electron chi connectivity index (χ0n) is 17.9. The highest BCUT2D eigenvalue weighted by molar-refractivity contribution is 7.15. The van der Waals surface area contributed by atoms with Crippen LogP contribution >= 0.6 is 9.24 Å². The number of hydrogen-bond donors (Lipinski definition) is 1. The van der Waals surface area contributed by atoms with E-state index in [-0.39, 0.29) is 11.6 Å². The maximum absolute atomic E-state index is 13.3. The van der Waals surface area contributed by atoms with E-state index < -0.39 is 6.43 Å². The third-order valence-corrected chi connectivity index (χ3v) is 4.48. The molecule has 1 aromatic carbocycles. The van der Waals surface area contributed by atoms with Crippen molar-refractivity contribution in [1.29, 1.82) is 0 Å². The van der Waals surface area contributed by atoms with E-state index in [2.05, 4.69) is 29.6 Å². The van der Waals surface area contributed by atoms with Gasteiger partial charge in [0.2, 0.25) is 0 Å². The molecule has 170 valence electrons. The maximum atomic E-state index is 13.3. The number of hydrogen-bond acceptors (Lipinski definition) is 5. The number of methoxy groups -OCH3 is 1. The predicted octanol–water partition coefficient (Wildman–Crippen LogP) is 5.02. The van der Waals surface area contributed by atoms with Gasteiger partial charge >= 0.3 is 0 Å². The number of amides is 1. The van der Waals surface area contributed by atoms with E-state index in [1.54, 1.807) is 60.9 Å². The van der Waals surface area contributed by atoms with Gasteiger partial charge in [0.25, 0.3) is 12.3 Å². The van der Waals surface area contributed by atoms with E-state index in [0.29, 0.717) is 34.1 Å². The number of halogens is 2. The minimum absolute atomic E-state index is 0.306. The standard InChI is InChI=1S/C22H17F2N5O2.CH5P/c1-31-17-6-2-4-14(10-17)22(30)27-20-8-7-16(13-26-20)29-19(11-18(28-29)21(23)24)15-5-3-9-25-12-15;1-2/h2-13,21H,1H3,(H,26,27,30);2H2,1H3. The lowest BCUT2D eigenvalue weighted by Crippen LogP contribution is -2.13. The van der Waals surface area contributed by atoms with Gasteiger partial charge < -0.3 is 10.1 Å². The first-order chi connectivity index (χ1) is 16.0. The summed E-state index contributed by atoms with van der Waals surface area (Å²) in [6.45, 7) is 1.92. The zero-order chi connectivity index (χ0) is 23.8. The number of carbonyl (C=O) groups excluding carboxylic acids is 1. The van der Waals surface area contributed by atoms with Gasteiger partial charge in [0, 0.05) is 23.5 Å². The van der Waals surface area contributed by atoms with Gasteiger partial charge in [-0.05, 0) is 48.5 Å². The van der Waals surface area contributed by atoms with Crippen molar-refractivity contribution >= 4 is 21.0 Å². The average molecular weight is 469 g/mol. The first-order valence-electron chi connectivity index (χ1n) is 9.83. The molecule has 7 nitrogen and oxygen atoms in total. The van der Waals surface area contributed by atoms with Gasteiger partial charge in [-0.2, -0.15) is 5.10 Å². The topological polar surface area (TPSA) is 81.9 Å². The molecule has 10 heteroatoms. The van der Waals surface area contributed by atoms with Gasteiger partial charge in [-0.15, -0.1) is 9.24 Å². The van der Waals surface area contributed by atoms with Crippen molar-refractivity contribution in [1.82, 2.24) is 19.7 Å². The van der Waals surface area contributed by atoms with Crippen LogP contribution in [0, 0.1) is 0 Å². The number of nitrogens with zero attached hydrogens (tertiary/aromatic N) is 4. The zero-order valence-corrected chi connectivity index (χ0v) is 19.1. The van der Waals surface area contributed by atoms with Gasteiger partial charge in [0.15, 0.2) is 0 Å². The number of ether oxygens (including phenoxy) is 1. The highest BCUT2D eigenvalue weighted by atomic mass is 31.0. The van der Waals surface area contributed by atoms with E-state index >= 15 is 0 Å². The first-order valence-corrected chi connectivity index (χ1v) is 11.0. The number of benzene rings is 1. The second-order valence-corrected chi connectivity index (χ2v) is 6.50. The van der Waals surface area contributed by atoms with Gasteiger partial charge in [-0.1, -0.05) is 12.7 Å². The van der Waals surface area contributed by atoms with Crippen LogP contribution in [0.1, 0.15) is 22.5 Å². The Labute approximate surface area is 192 Å². The summed E-state index contributed by atoms with van der Waals surface area (Å²) in [5.74, 6) is 0.516. The number of nitrogens with one attached hydrogen (secondary N) is 1. The van der Waals surface area contributed by atoms with Gasteiger partial charge in [0.1, 0.15) is 17.3 Å². The van der Waals surface area contributed by atoms with E-state index in [1.807, 2.05) is 6.66 Å². The Hall–Kier alpha value is -3.71. The summed E-state index contributed by atoms with van der Waals surface area (Å²) in [5.41, 5.74) is 1.62. The quantitative estimate of drug-likeness (QED) is 0.401. The molecule has 0 aliphatic carbocycles. The van der Waals surface area contributed by atoms with Crippen LogP contribution in [0.25, 0.3) is 16.9 Å². The molecular weight excluding hydrogens is 447 g/mol. The van der Waals surface area contributed by atoms with Crippen LogP contribution in [0.3, 0.4) is 0 Å². The van der Waals surface area contributed by atoms with E-state index in [4.69, 9.17) is 4.74 Å². The minimum atomic E-state index is -2.72. The van der Waals surface area contributed by atoms with Crippen molar-refractivity contribution in [3.05, 3.63) is 84.4 Å². The Kier molecular flexibility index (Phi) is 8.16. The lowest BCUT2D eigenvalue weighted by Gasteiger charge is -2.09. The Morgan fingerprint density at radius 3 is 2.55 bits per heavy atom. The van der Waals surface area contributed by atoms with Gasteiger partial charge in [0.05, 0.1) is 24.7 Å². The molecular formula is C23H22F2N5O2P. The molecule has 1 unspecified atom stereocenters. The fourth-order valence-corrected chi connectivity index (χ4v) is 2.96. The third kappa shape index (κ3) is 5.75. The van der Waals surface area contributed by atoms with Crippen LogP contribution in [0.4, 0.5) is 14.6 Å². The first kappa shape index (κ1) is 23.9. The number of anilines is 1. The average Bonchev–Trinajstić information content (AvgIpc) is 3.32. The molecule has 0 spiro atoms. The van der Waals surface area contributed by atoms with Crippen LogP contribution < -0.4 is 10.1 Å². The number of aromatic nitrogens is 4. The molecule has 0 aliphatic rings. The van der Waals surface area contributed by atoms with E-state index in [1.165, 1.54) is 24.1 Å². The summed E-state index contributed by atoms with van der Waals surface area (Å²) in [7, 11) is 3.94. The molecule has 0 fully saturated rings. The molecule has 1 amide bonds. The van der Waals surface area contributed by atoms with E-state index in [0.717, 1.165) is 0 Å². The monoisotopic (exact) mass is 469 g/mol. The predicted molar refractivity (Wildman–Crippen MR) is 126 cm³/mol. The third-order valence-electron chi connectivity index (χ3n) is 4.48. The van der Waals surface area contributed by atoms with E-state index in [9.17, 15) is 13.6 Å². The highest BCUT2D eigenvalue weighted by Crippen LogP contribution is 2.27. The summed E-state index contributed by atoms with van der Waals surface area (Å²) in [4.78, 5) is 20.7. The second kappa shape index (κ2) is 11.2. The molecule has 1 atom stereocenters. The molecule has 0 saturated carbocycles. The molecule has 0 aliphatic heterocycles. The Morgan fingerprint density at radius 1 is 1.09 bits per heavy atom. The summed E-state index contributed by atoms with van der Waals surface area (Å²) in [6.07, 6.45) is 1.90. The molecule has 4 rings (SSSR count). The van der Waals surface area contributed by atoms with Crippen molar-refractivity contribution in [3.8, 4) is 22.7 Å². The molecule has 3 heterocycles. The van der Waals surface area contributed by atoms with Crippen molar-refractivity contribution < 1.29 is 18.3 Å². The van der Waals surface area contributed by atoms with Crippen LogP contribution in [-0.4, -0.2) is 39.4 Å². The highest BCUT2D eigenvalue weighted by Gasteiger charge is 2.18. The summed E-state index contributed by atoms with van der Waals surface area (Å²) in [5, 5.41) is 6.70. The molecule has 0 radical (unpaired) electrons. The molecule has 4 aromatic rings. The van der Waals surface area contributed by atoms with Crippen LogP contribution in [0.2, 0.25) is 0 Å².